The third-order valence-corrected chi connectivity index (χ3v) is 4.87. The molecule has 0 heterocycles. The number of hydrogen-bond acceptors (Lipinski definition) is 2. The summed E-state index contributed by atoms with van der Waals surface area (Å²) in [5, 5.41) is 0. The van der Waals surface area contributed by atoms with Gasteiger partial charge in [-0.25, -0.2) is 0 Å². The van der Waals surface area contributed by atoms with Crippen LogP contribution in [0.2, 0.25) is 0 Å². The first-order valence-electron chi connectivity index (χ1n) is 8.64. The molecule has 3 unspecified atom stereocenters. The van der Waals surface area contributed by atoms with Gasteiger partial charge in [0, 0.05) is 18.5 Å². The van der Waals surface area contributed by atoms with Crippen molar-refractivity contribution in [3.05, 3.63) is 0 Å². The molecule has 0 aromatic rings. The van der Waals surface area contributed by atoms with Crippen molar-refractivity contribution in [2.45, 2.75) is 78.2 Å². The predicted octanol–water partition coefficient (Wildman–Crippen LogP) is 3.57. The number of amides is 1. The van der Waals surface area contributed by atoms with Crippen molar-refractivity contribution in [3.8, 4) is 0 Å². The molecule has 0 aromatic heterocycles. The Balaban J connectivity index is 2.62. The molecule has 3 heteroatoms. The SMILES string of the molecule is CCCCN(C(=O)C1CCCC(CCN)C1)C(C)CC. The van der Waals surface area contributed by atoms with Gasteiger partial charge in [-0.3, -0.25) is 4.79 Å². The van der Waals surface area contributed by atoms with E-state index in [0.29, 0.717) is 17.9 Å². The summed E-state index contributed by atoms with van der Waals surface area (Å²) in [5.41, 5.74) is 5.68. The Morgan fingerprint density at radius 3 is 2.70 bits per heavy atom. The molecular weight excluding hydrogens is 248 g/mol. The van der Waals surface area contributed by atoms with Gasteiger partial charge in [-0.2, -0.15) is 0 Å². The summed E-state index contributed by atoms with van der Waals surface area (Å²) in [6.45, 7) is 8.25. The number of hydrogen-bond donors (Lipinski definition) is 1. The van der Waals surface area contributed by atoms with Gasteiger partial charge >= 0.3 is 0 Å². The minimum Gasteiger partial charge on any atom is -0.340 e. The molecule has 1 amide bonds. The Bertz CT molecular complexity index is 278. The van der Waals surface area contributed by atoms with Crippen LogP contribution in [0.5, 0.6) is 0 Å². The maximum atomic E-state index is 12.8. The number of nitrogens with zero attached hydrogens (tertiary/aromatic N) is 1. The Morgan fingerprint density at radius 2 is 2.10 bits per heavy atom. The lowest BCUT2D eigenvalue weighted by Crippen LogP contribution is -2.43. The summed E-state index contributed by atoms with van der Waals surface area (Å²) >= 11 is 0. The summed E-state index contributed by atoms with van der Waals surface area (Å²) in [7, 11) is 0. The average molecular weight is 282 g/mol. The maximum Gasteiger partial charge on any atom is 0.225 e. The van der Waals surface area contributed by atoms with Crippen molar-refractivity contribution >= 4 is 5.91 Å². The first-order valence-corrected chi connectivity index (χ1v) is 8.64. The minimum absolute atomic E-state index is 0.256. The highest BCUT2D eigenvalue weighted by atomic mass is 16.2. The summed E-state index contributed by atoms with van der Waals surface area (Å²) in [5.74, 6) is 1.34. The monoisotopic (exact) mass is 282 g/mol. The largest absolute Gasteiger partial charge is 0.340 e. The lowest BCUT2D eigenvalue weighted by Gasteiger charge is -2.35. The Labute approximate surface area is 125 Å². The van der Waals surface area contributed by atoms with Gasteiger partial charge in [0.2, 0.25) is 5.91 Å². The van der Waals surface area contributed by atoms with Crippen LogP contribution in [0, 0.1) is 11.8 Å². The van der Waals surface area contributed by atoms with Gasteiger partial charge in [-0.15, -0.1) is 0 Å². The zero-order valence-electron chi connectivity index (χ0n) is 13.7. The summed E-state index contributed by atoms with van der Waals surface area (Å²) in [4.78, 5) is 15.0. The van der Waals surface area contributed by atoms with Crippen LogP contribution in [0.25, 0.3) is 0 Å². The van der Waals surface area contributed by atoms with Crippen LogP contribution in [0.3, 0.4) is 0 Å². The van der Waals surface area contributed by atoms with E-state index in [1.807, 2.05) is 0 Å². The van der Waals surface area contributed by atoms with Gasteiger partial charge in [-0.1, -0.05) is 33.1 Å². The van der Waals surface area contributed by atoms with Crippen LogP contribution in [0.1, 0.15) is 72.1 Å². The van der Waals surface area contributed by atoms with Crippen LogP contribution in [-0.2, 0) is 4.79 Å². The topological polar surface area (TPSA) is 46.3 Å². The van der Waals surface area contributed by atoms with Crippen molar-refractivity contribution in [1.29, 1.82) is 0 Å². The second kappa shape index (κ2) is 9.38. The van der Waals surface area contributed by atoms with E-state index < -0.39 is 0 Å². The molecule has 0 aliphatic heterocycles. The van der Waals surface area contributed by atoms with Gasteiger partial charge < -0.3 is 10.6 Å². The van der Waals surface area contributed by atoms with Crippen molar-refractivity contribution in [2.75, 3.05) is 13.1 Å². The summed E-state index contributed by atoms with van der Waals surface area (Å²) in [6, 6.07) is 0.379. The van der Waals surface area contributed by atoms with E-state index >= 15 is 0 Å². The molecule has 0 saturated heterocycles. The quantitative estimate of drug-likeness (QED) is 0.740. The molecule has 1 rings (SSSR count). The summed E-state index contributed by atoms with van der Waals surface area (Å²) < 4.78 is 0. The fourth-order valence-corrected chi connectivity index (χ4v) is 3.34. The van der Waals surface area contributed by atoms with Crippen molar-refractivity contribution < 1.29 is 4.79 Å². The Kier molecular flexibility index (Phi) is 8.20. The Hall–Kier alpha value is -0.570. The zero-order valence-corrected chi connectivity index (χ0v) is 13.7. The van der Waals surface area contributed by atoms with E-state index in [1.54, 1.807) is 0 Å². The van der Waals surface area contributed by atoms with Gasteiger partial charge in [0.1, 0.15) is 0 Å². The molecule has 3 atom stereocenters. The molecule has 0 bridgehead atoms. The van der Waals surface area contributed by atoms with Gasteiger partial charge in [0.25, 0.3) is 0 Å². The maximum absolute atomic E-state index is 12.8. The van der Waals surface area contributed by atoms with Crippen molar-refractivity contribution in [2.24, 2.45) is 17.6 Å². The van der Waals surface area contributed by atoms with E-state index in [1.165, 1.54) is 12.8 Å². The smallest absolute Gasteiger partial charge is 0.225 e. The average Bonchev–Trinajstić information content (AvgIpc) is 2.47. The molecule has 20 heavy (non-hydrogen) atoms. The number of carbonyl (C=O) groups excluding carboxylic acids is 1. The normalized spacial score (nSPS) is 24.4. The fraction of sp³-hybridized carbons (Fsp3) is 0.941. The van der Waals surface area contributed by atoms with Crippen molar-refractivity contribution in [1.82, 2.24) is 4.90 Å². The lowest BCUT2D eigenvalue weighted by molar-refractivity contribution is -0.139. The first kappa shape index (κ1) is 17.5. The van der Waals surface area contributed by atoms with E-state index in [4.69, 9.17) is 5.73 Å². The number of carbonyl (C=O) groups is 1. The predicted molar refractivity (Wildman–Crippen MR) is 85.5 cm³/mol. The van der Waals surface area contributed by atoms with Crippen LogP contribution in [-0.4, -0.2) is 29.9 Å². The minimum atomic E-state index is 0.256. The highest BCUT2D eigenvalue weighted by molar-refractivity contribution is 5.79. The molecule has 0 aromatic carbocycles. The number of rotatable bonds is 8. The standard InChI is InChI=1S/C17H34N2O/c1-4-6-12-19(14(3)5-2)17(20)16-9-7-8-15(13-16)10-11-18/h14-16H,4-13,18H2,1-3H3. The highest BCUT2D eigenvalue weighted by Gasteiger charge is 2.31. The van der Waals surface area contributed by atoms with Gasteiger partial charge in [0.05, 0.1) is 0 Å². The van der Waals surface area contributed by atoms with E-state index in [-0.39, 0.29) is 5.92 Å². The highest BCUT2D eigenvalue weighted by Crippen LogP contribution is 2.32. The second-order valence-corrected chi connectivity index (χ2v) is 6.45. The molecule has 118 valence electrons. The van der Waals surface area contributed by atoms with E-state index in [0.717, 1.165) is 51.6 Å². The van der Waals surface area contributed by atoms with Crippen LogP contribution in [0.15, 0.2) is 0 Å². The lowest BCUT2D eigenvalue weighted by atomic mass is 9.79. The fourth-order valence-electron chi connectivity index (χ4n) is 3.34. The number of nitrogens with two attached hydrogens (primary N) is 1. The Morgan fingerprint density at radius 1 is 1.35 bits per heavy atom. The molecule has 1 saturated carbocycles. The summed E-state index contributed by atoms with van der Waals surface area (Å²) in [6.07, 6.45) is 9.02. The van der Waals surface area contributed by atoms with E-state index in [2.05, 4.69) is 25.7 Å². The molecule has 0 spiro atoms. The molecule has 1 aliphatic carbocycles. The zero-order chi connectivity index (χ0) is 15.0. The molecule has 1 aliphatic rings. The van der Waals surface area contributed by atoms with Crippen molar-refractivity contribution in [3.63, 3.8) is 0 Å². The molecule has 1 fully saturated rings. The van der Waals surface area contributed by atoms with Crippen LogP contribution in [0.4, 0.5) is 0 Å². The number of unbranched alkanes of at least 4 members (excludes halogenated alkanes) is 1. The second-order valence-electron chi connectivity index (χ2n) is 6.45. The first-order chi connectivity index (χ1) is 9.63. The van der Waals surface area contributed by atoms with Crippen LogP contribution >= 0.6 is 0 Å². The third-order valence-electron chi connectivity index (χ3n) is 4.87. The van der Waals surface area contributed by atoms with Crippen LogP contribution < -0.4 is 5.73 Å². The molecular formula is C17H34N2O. The molecule has 3 nitrogen and oxygen atoms in total. The van der Waals surface area contributed by atoms with Gasteiger partial charge in [-0.05, 0) is 51.5 Å². The third kappa shape index (κ3) is 5.08. The molecule has 0 radical (unpaired) electrons. The van der Waals surface area contributed by atoms with E-state index in [9.17, 15) is 4.79 Å². The van der Waals surface area contributed by atoms with Gasteiger partial charge in [0.15, 0.2) is 0 Å². The molecule has 2 N–H and O–H groups in total.